The number of hydrogen-bond acceptors (Lipinski definition) is 3. The van der Waals surface area contributed by atoms with E-state index < -0.39 is 5.97 Å². The lowest BCUT2D eigenvalue weighted by atomic mass is 10.1. The van der Waals surface area contributed by atoms with Gasteiger partial charge in [0.1, 0.15) is 0 Å². The van der Waals surface area contributed by atoms with E-state index in [0.717, 1.165) is 0 Å². The summed E-state index contributed by atoms with van der Waals surface area (Å²) in [5, 5.41) is 9.52. The van der Waals surface area contributed by atoms with Crippen LogP contribution in [0.4, 0.5) is 5.69 Å². The molecule has 0 radical (unpaired) electrons. The van der Waals surface area contributed by atoms with Crippen molar-refractivity contribution in [3.63, 3.8) is 0 Å². The number of carbonyl (C=O) groups excluding carboxylic acids is 1. The minimum Gasteiger partial charge on any atom is -0.478 e. The van der Waals surface area contributed by atoms with Crippen molar-refractivity contribution in [3.05, 3.63) is 28.8 Å². The van der Waals surface area contributed by atoms with Crippen molar-refractivity contribution in [2.75, 3.05) is 18.0 Å². The van der Waals surface area contributed by atoms with Crippen LogP contribution in [-0.2, 0) is 4.79 Å². The lowest BCUT2D eigenvalue weighted by molar-refractivity contribution is -0.121. The standard InChI is InChI=1S/C12H13ClN2O3/c13-9-3-1-2-8(12(17)18)10(9)15-5-4-7(6-15)11(14)16/h1-3,7H,4-6H2,(H2,14,16)(H,17,18). The molecule has 1 atom stereocenters. The molecule has 96 valence electrons. The molecule has 3 N–H and O–H groups in total. The van der Waals surface area contributed by atoms with Gasteiger partial charge in [0.05, 0.1) is 22.2 Å². The number of aromatic carboxylic acids is 1. The van der Waals surface area contributed by atoms with Crippen molar-refractivity contribution in [2.45, 2.75) is 6.42 Å². The predicted octanol–water partition coefficient (Wildman–Crippen LogP) is 1.35. The summed E-state index contributed by atoms with van der Waals surface area (Å²) < 4.78 is 0. The molecule has 18 heavy (non-hydrogen) atoms. The Labute approximate surface area is 109 Å². The lowest BCUT2D eigenvalue weighted by Gasteiger charge is -2.21. The van der Waals surface area contributed by atoms with E-state index in [1.54, 1.807) is 17.0 Å². The Kier molecular flexibility index (Phi) is 3.43. The molecule has 1 aromatic rings. The minimum absolute atomic E-state index is 0.146. The number of carbonyl (C=O) groups is 2. The summed E-state index contributed by atoms with van der Waals surface area (Å²) in [6, 6.07) is 4.74. The number of carboxylic acids is 1. The highest BCUT2D eigenvalue weighted by Gasteiger charge is 2.30. The molecule has 6 heteroatoms. The fraction of sp³-hybridized carbons (Fsp3) is 0.333. The summed E-state index contributed by atoms with van der Waals surface area (Å²) in [6.45, 7) is 0.997. The maximum atomic E-state index is 11.2. The van der Waals surface area contributed by atoms with Gasteiger partial charge >= 0.3 is 5.97 Å². The molecule has 1 fully saturated rings. The largest absolute Gasteiger partial charge is 0.478 e. The van der Waals surface area contributed by atoms with Crippen molar-refractivity contribution in [1.82, 2.24) is 0 Å². The number of anilines is 1. The minimum atomic E-state index is -1.03. The van der Waals surface area contributed by atoms with Gasteiger partial charge in [-0.15, -0.1) is 0 Å². The van der Waals surface area contributed by atoms with Gasteiger partial charge in [-0.1, -0.05) is 17.7 Å². The summed E-state index contributed by atoms with van der Waals surface area (Å²) >= 11 is 6.06. The molecule has 1 unspecified atom stereocenters. The van der Waals surface area contributed by atoms with E-state index in [-0.39, 0.29) is 17.4 Å². The van der Waals surface area contributed by atoms with Crippen molar-refractivity contribution < 1.29 is 14.7 Å². The van der Waals surface area contributed by atoms with Crippen LogP contribution in [0.25, 0.3) is 0 Å². The number of benzene rings is 1. The third-order valence-corrected chi connectivity index (χ3v) is 3.43. The molecule has 0 spiro atoms. The van der Waals surface area contributed by atoms with Gasteiger partial charge < -0.3 is 15.7 Å². The van der Waals surface area contributed by atoms with Crippen LogP contribution in [0.15, 0.2) is 18.2 Å². The highest BCUT2D eigenvalue weighted by molar-refractivity contribution is 6.34. The number of carboxylic acid groups (broad SMARTS) is 1. The molecule has 1 amide bonds. The Bertz CT molecular complexity index is 504. The van der Waals surface area contributed by atoms with Crippen LogP contribution < -0.4 is 10.6 Å². The SMILES string of the molecule is NC(=O)C1CCN(c2c(Cl)cccc2C(=O)O)C1. The molecule has 1 aliphatic rings. The van der Waals surface area contributed by atoms with Crippen LogP contribution in [0.1, 0.15) is 16.8 Å². The molecule has 0 bridgehead atoms. The molecular formula is C12H13ClN2O3. The summed E-state index contributed by atoms with van der Waals surface area (Å²) in [6.07, 6.45) is 0.625. The van der Waals surface area contributed by atoms with E-state index in [2.05, 4.69) is 0 Å². The zero-order chi connectivity index (χ0) is 13.3. The molecule has 5 nitrogen and oxygen atoms in total. The summed E-state index contributed by atoms with van der Waals surface area (Å²) in [5.41, 5.74) is 5.87. The Hall–Kier alpha value is -1.75. The first-order valence-electron chi connectivity index (χ1n) is 5.56. The van der Waals surface area contributed by atoms with Crippen LogP contribution in [-0.4, -0.2) is 30.1 Å². The van der Waals surface area contributed by atoms with Crippen molar-refractivity contribution >= 4 is 29.2 Å². The van der Waals surface area contributed by atoms with E-state index >= 15 is 0 Å². The van der Waals surface area contributed by atoms with Crippen LogP contribution >= 0.6 is 11.6 Å². The Balaban J connectivity index is 2.34. The lowest BCUT2D eigenvalue weighted by Crippen LogP contribution is -2.28. The quantitative estimate of drug-likeness (QED) is 0.867. The molecule has 1 aromatic carbocycles. The average molecular weight is 269 g/mol. The summed E-state index contributed by atoms with van der Waals surface area (Å²) in [7, 11) is 0. The first kappa shape index (κ1) is 12.7. The monoisotopic (exact) mass is 268 g/mol. The second kappa shape index (κ2) is 4.86. The van der Waals surface area contributed by atoms with Crippen LogP contribution in [0.3, 0.4) is 0 Å². The molecular weight excluding hydrogens is 256 g/mol. The maximum Gasteiger partial charge on any atom is 0.337 e. The first-order chi connectivity index (χ1) is 8.50. The number of rotatable bonds is 3. The normalized spacial score (nSPS) is 18.9. The smallest absolute Gasteiger partial charge is 0.337 e. The molecule has 1 saturated heterocycles. The topological polar surface area (TPSA) is 83.6 Å². The molecule has 0 aliphatic carbocycles. The van der Waals surface area contributed by atoms with Gasteiger partial charge in [0.25, 0.3) is 0 Å². The molecule has 1 heterocycles. The Morgan fingerprint density at radius 1 is 1.44 bits per heavy atom. The van der Waals surface area contributed by atoms with E-state index in [1.807, 2.05) is 0 Å². The van der Waals surface area contributed by atoms with E-state index in [1.165, 1.54) is 6.07 Å². The van der Waals surface area contributed by atoms with Crippen LogP contribution in [0.2, 0.25) is 5.02 Å². The van der Waals surface area contributed by atoms with Crippen LogP contribution in [0, 0.1) is 5.92 Å². The number of amides is 1. The van der Waals surface area contributed by atoms with Crippen molar-refractivity contribution in [3.8, 4) is 0 Å². The number of nitrogens with two attached hydrogens (primary N) is 1. The van der Waals surface area contributed by atoms with Crippen molar-refractivity contribution in [2.24, 2.45) is 11.7 Å². The zero-order valence-electron chi connectivity index (χ0n) is 9.60. The number of halogens is 1. The molecule has 1 aliphatic heterocycles. The predicted molar refractivity (Wildman–Crippen MR) is 67.9 cm³/mol. The fourth-order valence-corrected chi connectivity index (χ4v) is 2.50. The third-order valence-electron chi connectivity index (χ3n) is 3.12. The molecule has 2 rings (SSSR count). The maximum absolute atomic E-state index is 11.2. The highest BCUT2D eigenvalue weighted by Crippen LogP contribution is 2.33. The van der Waals surface area contributed by atoms with Crippen LogP contribution in [0.5, 0.6) is 0 Å². The Morgan fingerprint density at radius 2 is 2.17 bits per heavy atom. The summed E-state index contributed by atoms with van der Waals surface area (Å²) in [4.78, 5) is 24.1. The summed E-state index contributed by atoms with van der Waals surface area (Å²) in [5.74, 6) is -1.64. The van der Waals surface area contributed by atoms with E-state index in [9.17, 15) is 9.59 Å². The number of primary amides is 1. The molecule has 0 aromatic heterocycles. The van der Waals surface area contributed by atoms with Gasteiger partial charge in [-0.3, -0.25) is 4.79 Å². The van der Waals surface area contributed by atoms with Gasteiger partial charge in [-0.2, -0.15) is 0 Å². The fourth-order valence-electron chi connectivity index (χ4n) is 2.20. The van der Waals surface area contributed by atoms with Crippen molar-refractivity contribution in [1.29, 1.82) is 0 Å². The van der Waals surface area contributed by atoms with E-state index in [0.29, 0.717) is 30.2 Å². The van der Waals surface area contributed by atoms with Gasteiger partial charge in [-0.05, 0) is 18.6 Å². The number of para-hydroxylation sites is 1. The van der Waals surface area contributed by atoms with Gasteiger partial charge in [-0.25, -0.2) is 4.79 Å². The second-order valence-corrected chi connectivity index (χ2v) is 4.68. The van der Waals surface area contributed by atoms with Gasteiger partial charge in [0.2, 0.25) is 5.91 Å². The van der Waals surface area contributed by atoms with Gasteiger partial charge in [0, 0.05) is 13.1 Å². The molecule has 0 saturated carbocycles. The average Bonchev–Trinajstić information content (AvgIpc) is 2.77. The number of hydrogen-bond donors (Lipinski definition) is 2. The highest BCUT2D eigenvalue weighted by atomic mass is 35.5. The Morgan fingerprint density at radius 3 is 2.72 bits per heavy atom. The first-order valence-corrected chi connectivity index (χ1v) is 5.94. The number of nitrogens with zero attached hydrogens (tertiary/aromatic N) is 1. The third kappa shape index (κ3) is 2.26. The zero-order valence-corrected chi connectivity index (χ0v) is 10.4. The van der Waals surface area contributed by atoms with Gasteiger partial charge in [0.15, 0.2) is 0 Å². The van der Waals surface area contributed by atoms with E-state index in [4.69, 9.17) is 22.4 Å². The second-order valence-electron chi connectivity index (χ2n) is 4.28.